The first-order valence-electron chi connectivity index (χ1n) is 11.5. The van der Waals surface area contributed by atoms with Crippen LogP contribution in [0.5, 0.6) is 5.75 Å². The monoisotopic (exact) mass is 392 g/mol. The summed E-state index contributed by atoms with van der Waals surface area (Å²) in [5.74, 6) is 1.91. The van der Waals surface area contributed by atoms with Crippen LogP contribution >= 0.6 is 0 Å². The molecule has 2 aliphatic rings. The van der Waals surface area contributed by atoms with E-state index in [9.17, 15) is 0 Å². The maximum absolute atomic E-state index is 5.86. The lowest BCUT2D eigenvalue weighted by Crippen LogP contribution is -2.56. The zero-order valence-corrected chi connectivity index (χ0v) is 18.1. The molecule has 0 aromatic heterocycles. The first-order valence-corrected chi connectivity index (χ1v) is 11.5. The van der Waals surface area contributed by atoms with E-state index in [1.54, 1.807) is 0 Å². The summed E-state index contributed by atoms with van der Waals surface area (Å²) >= 11 is 0. The molecule has 0 bridgehead atoms. The van der Waals surface area contributed by atoms with E-state index in [4.69, 9.17) is 4.74 Å². The number of benzene rings is 2. The molecule has 2 aromatic carbocycles. The molecule has 0 unspecified atom stereocenters. The lowest BCUT2D eigenvalue weighted by molar-refractivity contribution is 0.0268. The molecule has 2 aromatic rings. The van der Waals surface area contributed by atoms with Gasteiger partial charge in [0.1, 0.15) is 5.75 Å². The Kier molecular flexibility index (Phi) is 6.44. The second kappa shape index (κ2) is 9.21. The molecule has 3 nitrogen and oxygen atoms in total. The van der Waals surface area contributed by atoms with Crippen molar-refractivity contribution < 1.29 is 4.74 Å². The molecule has 1 heterocycles. The maximum Gasteiger partial charge on any atom is 0.119 e. The predicted octanol–water partition coefficient (Wildman–Crippen LogP) is 5.70. The van der Waals surface area contributed by atoms with Crippen LogP contribution < -0.4 is 9.64 Å². The highest BCUT2D eigenvalue weighted by Crippen LogP contribution is 2.46. The predicted molar refractivity (Wildman–Crippen MR) is 122 cm³/mol. The summed E-state index contributed by atoms with van der Waals surface area (Å²) in [7, 11) is 0. The Morgan fingerprint density at radius 1 is 0.897 bits per heavy atom. The van der Waals surface area contributed by atoms with Crippen molar-refractivity contribution in [1.82, 2.24) is 4.90 Å². The van der Waals surface area contributed by atoms with Crippen molar-refractivity contribution in [2.24, 2.45) is 5.92 Å². The molecule has 3 heteroatoms. The minimum Gasteiger partial charge on any atom is -0.494 e. The summed E-state index contributed by atoms with van der Waals surface area (Å²) in [5.41, 5.74) is 2.99. The van der Waals surface area contributed by atoms with Crippen molar-refractivity contribution in [2.75, 3.05) is 37.7 Å². The van der Waals surface area contributed by atoms with Gasteiger partial charge in [0.05, 0.1) is 6.61 Å². The van der Waals surface area contributed by atoms with Crippen molar-refractivity contribution in [3.63, 3.8) is 0 Å². The van der Waals surface area contributed by atoms with Gasteiger partial charge in [-0.05, 0) is 68.4 Å². The van der Waals surface area contributed by atoms with Gasteiger partial charge >= 0.3 is 0 Å². The molecule has 156 valence electrons. The normalized spacial score (nSPS) is 25.7. The van der Waals surface area contributed by atoms with E-state index < -0.39 is 0 Å². The smallest absolute Gasteiger partial charge is 0.119 e. The van der Waals surface area contributed by atoms with Gasteiger partial charge in [0.15, 0.2) is 0 Å². The van der Waals surface area contributed by atoms with Crippen LogP contribution in [0.2, 0.25) is 0 Å². The standard InChI is InChI=1S/C26H36N2O/c1-3-22-13-15-26(16-14-22,23-9-8-12-25(21-23)29-4-2)28-19-17-27(18-20-28)24-10-6-5-7-11-24/h5-12,21-22H,3-4,13-20H2,1-2H3. The third-order valence-electron chi connectivity index (χ3n) is 7.20. The van der Waals surface area contributed by atoms with E-state index in [-0.39, 0.29) is 5.54 Å². The summed E-state index contributed by atoms with van der Waals surface area (Å²) in [6.45, 7) is 9.62. The SMILES string of the molecule is CCOc1cccc(C2(N3CCN(c4ccccc4)CC3)CCC(CC)CC2)c1. The Balaban J connectivity index is 1.56. The molecular formula is C26H36N2O. The van der Waals surface area contributed by atoms with Gasteiger partial charge in [0, 0.05) is 37.4 Å². The third-order valence-corrected chi connectivity index (χ3v) is 7.20. The fraction of sp³-hybridized carbons (Fsp3) is 0.538. The van der Waals surface area contributed by atoms with Gasteiger partial charge in [-0.1, -0.05) is 43.7 Å². The van der Waals surface area contributed by atoms with Crippen LogP contribution in [0.1, 0.15) is 51.5 Å². The number of ether oxygens (including phenoxy) is 1. The molecule has 4 rings (SSSR count). The minimum absolute atomic E-state index is 0.168. The molecular weight excluding hydrogens is 356 g/mol. The highest BCUT2D eigenvalue weighted by molar-refractivity contribution is 5.46. The average molecular weight is 393 g/mol. The first-order chi connectivity index (χ1) is 14.2. The van der Waals surface area contributed by atoms with Gasteiger partial charge in [0.2, 0.25) is 0 Å². The highest BCUT2D eigenvalue weighted by Gasteiger charge is 2.42. The number of hydrogen-bond donors (Lipinski definition) is 0. The topological polar surface area (TPSA) is 15.7 Å². The Morgan fingerprint density at radius 2 is 1.62 bits per heavy atom. The van der Waals surface area contributed by atoms with Gasteiger partial charge in [-0.15, -0.1) is 0 Å². The Hall–Kier alpha value is -2.00. The Bertz CT molecular complexity index is 759. The highest BCUT2D eigenvalue weighted by atomic mass is 16.5. The van der Waals surface area contributed by atoms with E-state index >= 15 is 0 Å². The van der Waals surface area contributed by atoms with E-state index in [0.29, 0.717) is 0 Å². The van der Waals surface area contributed by atoms with Crippen LogP contribution in [-0.4, -0.2) is 37.7 Å². The molecule has 1 aliphatic carbocycles. The molecule has 1 aliphatic heterocycles. The Labute approximate surface area is 176 Å². The van der Waals surface area contributed by atoms with Gasteiger partial charge < -0.3 is 9.64 Å². The van der Waals surface area contributed by atoms with Crippen molar-refractivity contribution >= 4 is 5.69 Å². The second-order valence-corrected chi connectivity index (χ2v) is 8.65. The first kappa shape index (κ1) is 20.3. The van der Waals surface area contributed by atoms with Crippen LogP contribution in [0.15, 0.2) is 54.6 Å². The third kappa shape index (κ3) is 4.30. The van der Waals surface area contributed by atoms with Gasteiger partial charge in [0.25, 0.3) is 0 Å². The van der Waals surface area contributed by atoms with Crippen molar-refractivity contribution in [1.29, 1.82) is 0 Å². The molecule has 0 atom stereocenters. The van der Waals surface area contributed by atoms with Gasteiger partial charge in [-0.25, -0.2) is 0 Å². The molecule has 0 N–H and O–H groups in total. The Morgan fingerprint density at radius 3 is 2.28 bits per heavy atom. The largest absolute Gasteiger partial charge is 0.494 e. The number of hydrogen-bond acceptors (Lipinski definition) is 3. The number of rotatable bonds is 6. The molecule has 0 radical (unpaired) electrons. The van der Waals surface area contributed by atoms with Gasteiger partial charge in [-0.3, -0.25) is 4.90 Å². The van der Waals surface area contributed by atoms with E-state index in [2.05, 4.69) is 78.2 Å². The fourth-order valence-electron chi connectivity index (χ4n) is 5.42. The zero-order valence-electron chi connectivity index (χ0n) is 18.1. The van der Waals surface area contributed by atoms with Crippen LogP contribution in [-0.2, 0) is 5.54 Å². The molecule has 2 fully saturated rings. The summed E-state index contributed by atoms with van der Waals surface area (Å²) in [4.78, 5) is 5.34. The number of para-hydroxylation sites is 1. The van der Waals surface area contributed by atoms with Crippen molar-refractivity contribution in [3.8, 4) is 5.75 Å². The maximum atomic E-state index is 5.86. The quantitative estimate of drug-likeness (QED) is 0.627. The fourth-order valence-corrected chi connectivity index (χ4v) is 5.42. The molecule has 29 heavy (non-hydrogen) atoms. The summed E-state index contributed by atoms with van der Waals surface area (Å²) in [6.07, 6.45) is 6.54. The van der Waals surface area contributed by atoms with Gasteiger partial charge in [-0.2, -0.15) is 0 Å². The second-order valence-electron chi connectivity index (χ2n) is 8.65. The molecule has 1 saturated carbocycles. The number of piperazine rings is 1. The lowest BCUT2D eigenvalue weighted by atomic mass is 9.70. The van der Waals surface area contributed by atoms with Crippen LogP contribution in [0, 0.1) is 5.92 Å². The van der Waals surface area contributed by atoms with Crippen molar-refractivity contribution in [3.05, 3.63) is 60.2 Å². The zero-order chi connectivity index (χ0) is 20.1. The molecule has 1 saturated heterocycles. The van der Waals surface area contributed by atoms with E-state index in [0.717, 1.165) is 44.5 Å². The summed E-state index contributed by atoms with van der Waals surface area (Å²) < 4.78 is 5.86. The lowest BCUT2D eigenvalue weighted by Gasteiger charge is -2.51. The van der Waals surface area contributed by atoms with Crippen LogP contribution in [0.4, 0.5) is 5.69 Å². The van der Waals surface area contributed by atoms with Crippen LogP contribution in [0.25, 0.3) is 0 Å². The minimum atomic E-state index is 0.168. The van der Waals surface area contributed by atoms with E-state index in [1.807, 2.05) is 0 Å². The van der Waals surface area contributed by atoms with E-state index in [1.165, 1.54) is 43.4 Å². The summed E-state index contributed by atoms with van der Waals surface area (Å²) in [5, 5.41) is 0. The van der Waals surface area contributed by atoms with Crippen LogP contribution in [0.3, 0.4) is 0 Å². The summed E-state index contributed by atoms with van der Waals surface area (Å²) in [6, 6.07) is 19.8. The molecule has 0 amide bonds. The average Bonchev–Trinajstić information content (AvgIpc) is 2.80. The molecule has 0 spiro atoms. The van der Waals surface area contributed by atoms with Crippen molar-refractivity contribution in [2.45, 2.75) is 51.5 Å². The number of nitrogens with zero attached hydrogens (tertiary/aromatic N) is 2. The number of anilines is 1.